The van der Waals surface area contributed by atoms with Crippen LogP contribution in [0.15, 0.2) is 58.0 Å². The average Bonchev–Trinajstić information content (AvgIpc) is 3.14. The number of carbonyl (C=O) groups is 1. The molecule has 0 saturated carbocycles. The normalized spacial score (nSPS) is 17.5. The number of rotatable bonds is 3. The van der Waals surface area contributed by atoms with Crippen LogP contribution in [0.3, 0.4) is 0 Å². The second-order valence-electron chi connectivity index (χ2n) is 6.98. The van der Waals surface area contributed by atoms with Crippen LogP contribution in [0.2, 0.25) is 0 Å². The van der Waals surface area contributed by atoms with Crippen molar-refractivity contribution in [2.45, 2.75) is 30.5 Å². The van der Waals surface area contributed by atoms with Gasteiger partial charge in [-0.05, 0) is 42.7 Å². The lowest BCUT2D eigenvalue weighted by Crippen LogP contribution is -2.36. The van der Waals surface area contributed by atoms with E-state index in [-0.39, 0.29) is 16.2 Å². The zero-order chi connectivity index (χ0) is 21.7. The molecule has 158 valence electrons. The van der Waals surface area contributed by atoms with Crippen LogP contribution in [-0.4, -0.2) is 20.9 Å². The topological polar surface area (TPSA) is 66.5 Å². The van der Waals surface area contributed by atoms with E-state index in [1.807, 2.05) is 0 Å². The molecule has 2 aromatic rings. The molecule has 0 unspecified atom stereocenters. The fourth-order valence-corrected chi connectivity index (χ4v) is 5.61. The first-order valence-corrected chi connectivity index (χ1v) is 10.6. The first kappa shape index (κ1) is 20.4. The van der Waals surface area contributed by atoms with Gasteiger partial charge in [-0.3, -0.25) is 4.79 Å². The predicted octanol–water partition coefficient (Wildman–Crippen LogP) is 3.76. The summed E-state index contributed by atoms with van der Waals surface area (Å²) in [7, 11) is -4.34. The number of hydrogen-bond acceptors (Lipinski definition) is 4. The van der Waals surface area contributed by atoms with Crippen molar-refractivity contribution >= 4 is 21.4 Å². The molecule has 2 aromatic carbocycles. The van der Waals surface area contributed by atoms with Crippen LogP contribution in [0.5, 0.6) is 0 Å². The van der Waals surface area contributed by atoms with Gasteiger partial charge in [-0.1, -0.05) is 18.2 Å². The first-order valence-electron chi connectivity index (χ1n) is 9.09. The highest BCUT2D eigenvalue weighted by molar-refractivity contribution is 7.96. The van der Waals surface area contributed by atoms with E-state index >= 15 is 0 Å². The largest absolute Gasteiger partial charge is 0.416 e. The number of fused-ring (bicyclic) bond motifs is 3. The van der Waals surface area contributed by atoms with Gasteiger partial charge in [0, 0.05) is 18.8 Å². The molecule has 0 radical (unpaired) electrons. The maximum atomic E-state index is 13.7. The first-order chi connectivity index (χ1) is 14.1. The van der Waals surface area contributed by atoms with Gasteiger partial charge in [-0.15, -0.1) is 0 Å². The van der Waals surface area contributed by atoms with Gasteiger partial charge in [0.1, 0.15) is 5.82 Å². The molecule has 30 heavy (non-hydrogen) atoms. The second kappa shape index (κ2) is 7.12. The molecule has 0 atom stereocenters. The highest BCUT2D eigenvalue weighted by Crippen LogP contribution is 2.43. The molecule has 1 saturated heterocycles. The Morgan fingerprint density at radius 1 is 1.13 bits per heavy atom. The molecule has 10 heteroatoms. The van der Waals surface area contributed by atoms with Crippen LogP contribution < -0.4 is 10.2 Å². The molecule has 0 spiro atoms. The van der Waals surface area contributed by atoms with Crippen LogP contribution in [0.25, 0.3) is 0 Å². The summed E-state index contributed by atoms with van der Waals surface area (Å²) in [5, 5.41) is 2.30. The van der Waals surface area contributed by atoms with Gasteiger partial charge in [0.15, 0.2) is 4.91 Å². The van der Waals surface area contributed by atoms with Crippen molar-refractivity contribution in [2.24, 2.45) is 0 Å². The summed E-state index contributed by atoms with van der Waals surface area (Å²) in [4.78, 5) is 13.6. The van der Waals surface area contributed by atoms with E-state index in [4.69, 9.17) is 0 Å². The van der Waals surface area contributed by atoms with Gasteiger partial charge in [0.05, 0.1) is 16.1 Å². The molecular formula is C20H16F4N2O3S. The van der Waals surface area contributed by atoms with Crippen molar-refractivity contribution in [3.05, 3.63) is 70.0 Å². The minimum absolute atomic E-state index is 0.188. The van der Waals surface area contributed by atoms with Crippen LogP contribution >= 0.6 is 0 Å². The number of hydrogen-bond donors (Lipinski definition) is 1. The van der Waals surface area contributed by atoms with Gasteiger partial charge < -0.3 is 10.2 Å². The lowest BCUT2D eigenvalue weighted by molar-refractivity contribution is -0.138. The maximum Gasteiger partial charge on any atom is 0.416 e. The summed E-state index contributed by atoms with van der Waals surface area (Å²) in [5.41, 5.74) is -0.533. The molecule has 5 nitrogen and oxygen atoms in total. The average molecular weight is 440 g/mol. The highest BCUT2D eigenvalue weighted by atomic mass is 32.2. The third kappa shape index (κ3) is 3.34. The Morgan fingerprint density at radius 3 is 2.60 bits per heavy atom. The van der Waals surface area contributed by atoms with E-state index in [1.165, 1.54) is 24.3 Å². The van der Waals surface area contributed by atoms with Crippen molar-refractivity contribution in [1.82, 2.24) is 5.32 Å². The Morgan fingerprint density at radius 2 is 1.87 bits per heavy atom. The van der Waals surface area contributed by atoms with Crippen molar-refractivity contribution in [1.29, 1.82) is 0 Å². The molecule has 0 aromatic heterocycles. The lowest BCUT2D eigenvalue weighted by Gasteiger charge is -2.30. The predicted molar refractivity (Wildman–Crippen MR) is 100 cm³/mol. The number of allylic oxidation sites excluding steroid dienone is 1. The molecule has 2 aliphatic heterocycles. The van der Waals surface area contributed by atoms with Gasteiger partial charge in [-0.2, -0.15) is 13.2 Å². The van der Waals surface area contributed by atoms with Crippen molar-refractivity contribution in [3.63, 3.8) is 0 Å². The summed E-state index contributed by atoms with van der Waals surface area (Å²) in [6, 6.07) is 8.07. The summed E-state index contributed by atoms with van der Waals surface area (Å²) < 4.78 is 79.4. The zero-order valence-corrected chi connectivity index (χ0v) is 16.3. The molecular weight excluding hydrogens is 424 g/mol. The highest BCUT2D eigenvalue weighted by Gasteiger charge is 2.42. The summed E-state index contributed by atoms with van der Waals surface area (Å²) in [5.74, 6) is -1.78. The fraction of sp³-hybridized carbons (Fsp3) is 0.250. The summed E-state index contributed by atoms with van der Waals surface area (Å²) in [6.07, 6.45) is -3.70. The molecule has 1 fully saturated rings. The molecule has 1 N–H and O–H groups in total. The molecule has 0 aliphatic carbocycles. The number of amides is 1. The van der Waals surface area contributed by atoms with E-state index in [0.29, 0.717) is 25.1 Å². The third-order valence-electron chi connectivity index (χ3n) is 5.12. The zero-order valence-electron chi connectivity index (χ0n) is 15.5. The Balaban J connectivity index is 1.70. The van der Waals surface area contributed by atoms with Gasteiger partial charge in [0.25, 0.3) is 5.91 Å². The smallest absolute Gasteiger partial charge is 0.347 e. The Kier molecular flexibility index (Phi) is 4.84. The molecule has 0 bridgehead atoms. The van der Waals surface area contributed by atoms with Crippen molar-refractivity contribution in [2.75, 3.05) is 11.4 Å². The SMILES string of the molecule is O=C(NCc1ccccc1C(F)(F)F)C1=C2CCCN2c2ccc(F)cc2S1(=O)=O. The van der Waals surface area contributed by atoms with E-state index in [0.717, 1.165) is 18.2 Å². The second-order valence-corrected chi connectivity index (χ2v) is 8.84. The number of benzene rings is 2. The Bertz CT molecular complexity index is 1170. The molecule has 2 aliphatic rings. The van der Waals surface area contributed by atoms with E-state index in [9.17, 15) is 30.8 Å². The van der Waals surface area contributed by atoms with E-state index in [2.05, 4.69) is 5.32 Å². The molecule has 4 rings (SSSR count). The quantitative estimate of drug-likeness (QED) is 0.739. The van der Waals surface area contributed by atoms with Crippen LogP contribution in [0.1, 0.15) is 24.0 Å². The van der Waals surface area contributed by atoms with E-state index < -0.39 is 44.8 Å². The Hall–Kier alpha value is -2.88. The number of nitrogens with zero attached hydrogens (tertiary/aromatic N) is 1. The summed E-state index contributed by atoms with van der Waals surface area (Å²) in [6.45, 7) is -0.0476. The maximum absolute atomic E-state index is 13.7. The number of alkyl halides is 3. The van der Waals surface area contributed by atoms with Crippen molar-refractivity contribution < 1.29 is 30.8 Å². The van der Waals surface area contributed by atoms with Gasteiger partial charge in [-0.25, -0.2) is 12.8 Å². The lowest BCUT2D eigenvalue weighted by atomic mass is 10.1. The number of sulfone groups is 1. The van der Waals surface area contributed by atoms with E-state index in [1.54, 1.807) is 4.90 Å². The third-order valence-corrected chi connectivity index (χ3v) is 6.99. The minimum atomic E-state index is -4.61. The van der Waals surface area contributed by atoms with Crippen LogP contribution in [-0.2, 0) is 27.4 Å². The number of halogens is 4. The Labute approximate surface area is 169 Å². The molecule has 1 amide bonds. The van der Waals surface area contributed by atoms with Crippen LogP contribution in [0, 0.1) is 5.82 Å². The number of carbonyl (C=O) groups excluding carboxylic acids is 1. The number of anilines is 1. The minimum Gasteiger partial charge on any atom is -0.347 e. The van der Waals surface area contributed by atoms with Crippen molar-refractivity contribution in [3.8, 4) is 0 Å². The number of nitrogens with one attached hydrogen (secondary N) is 1. The van der Waals surface area contributed by atoms with Gasteiger partial charge in [0.2, 0.25) is 9.84 Å². The van der Waals surface area contributed by atoms with Gasteiger partial charge >= 0.3 is 6.18 Å². The summed E-state index contributed by atoms with van der Waals surface area (Å²) >= 11 is 0. The molecule has 2 heterocycles. The standard InChI is InChI=1S/C20H16F4N2O3S/c21-13-7-8-15-17(10-13)30(28,29)18(16-6-3-9-26(15)16)19(27)25-11-12-4-1-2-5-14(12)20(22,23)24/h1-2,4-5,7-8,10H,3,6,9,11H2,(H,25,27). The van der Waals surface area contributed by atoms with Crippen LogP contribution in [0.4, 0.5) is 23.2 Å². The monoisotopic (exact) mass is 440 g/mol. The fourth-order valence-electron chi connectivity index (χ4n) is 3.83.